The summed E-state index contributed by atoms with van der Waals surface area (Å²) < 4.78 is 0. The van der Waals surface area contributed by atoms with Gasteiger partial charge >= 0.3 is 0 Å². The van der Waals surface area contributed by atoms with Crippen molar-refractivity contribution in [2.45, 2.75) is 71.8 Å². The number of hydrogen-bond acceptors (Lipinski definition) is 2. The Hall–Kier alpha value is -0.0800. The van der Waals surface area contributed by atoms with Gasteiger partial charge in [-0.25, -0.2) is 0 Å². The highest BCUT2D eigenvalue weighted by Gasteiger charge is 2.26. The van der Waals surface area contributed by atoms with E-state index in [9.17, 15) is 0 Å². The fraction of sp³-hybridized carbons (Fsp3) is 1.00. The first kappa shape index (κ1) is 15.9. The van der Waals surface area contributed by atoms with Crippen molar-refractivity contribution < 1.29 is 0 Å². The molecule has 0 fully saturated rings. The van der Waals surface area contributed by atoms with Gasteiger partial charge in [0.15, 0.2) is 0 Å². The summed E-state index contributed by atoms with van der Waals surface area (Å²) in [7, 11) is 0. The summed E-state index contributed by atoms with van der Waals surface area (Å²) >= 11 is 0. The Bertz CT molecular complexity index is 153. The highest BCUT2D eigenvalue weighted by Crippen LogP contribution is 2.18. The number of rotatable bonds is 10. The number of hydrogen-bond donors (Lipinski definition) is 1. The standard InChI is InChI=1S/C14H32N2/c1-5-8-9-10-11-12-16(7-3)14(4,6-2)13-15/h5-13,15H2,1-4H3. The molecule has 98 valence electrons. The van der Waals surface area contributed by atoms with Gasteiger partial charge in [-0.05, 0) is 32.9 Å². The molecule has 2 heteroatoms. The van der Waals surface area contributed by atoms with E-state index in [0.29, 0.717) is 0 Å². The second-order valence-electron chi connectivity index (χ2n) is 5.05. The Kier molecular flexibility index (Phi) is 8.96. The maximum atomic E-state index is 5.90. The Labute approximate surface area is 103 Å². The number of likely N-dealkylation sites (N-methyl/N-ethyl adjacent to an activating group) is 1. The molecule has 0 radical (unpaired) electrons. The zero-order chi connectivity index (χ0) is 12.4. The maximum absolute atomic E-state index is 5.90. The molecular weight excluding hydrogens is 196 g/mol. The van der Waals surface area contributed by atoms with E-state index in [-0.39, 0.29) is 5.54 Å². The second-order valence-corrected chi connectivity index (χ2v) is 5.05. The molecule has 0 aromatic heterocycles. The molecule has 0 bridgehead atoms. The maximum Gasteiger partial charge on any atom is 0.0300 e. The van der Waals surface area contributed by atoms with Gasteiger partial charge in [0, 0.05) is 12.1 Å². The van der Waals surface area contributed by atoms with Gasteiger partial charge in [-0.1, -0.05) is 46.5 Å². The molecule has 16 heavy (non-hydrogen) atoms. The molecule has 0 aromatic carbocycles. The topological polar surface area (TPSA) is 29.3 Å². The third kappa shape index (κ3) is 5.31. The lowest BCUT2D eigenvalue weighted by Gasteiger charge is -2.39. The molecule has 0 amide bonds. The summed E-state index contributed by atoms with van der Waals surface area (Å²) in [6.07, 6.45) is 7.94. The van der Waals surface area contributed by atoms with Crippen LogP contribution in [0.15, 0.2) is 0 Å². The minimum absolute atomic E-state index is 0.208. The zero-order valence-electron chi connectivity index (χ0n) is 11.9. The number of nitrogens with zero attached hydrogens (tertiary/aromatic N) is 1. The smallest absolute Gasteiger partial charge is 0.0300 e. The Balaban J connectivity index is 3.90. The molecule has 2 nitrogen and oxygen atoms in total. The van der Waals surface area contributed by atoms with E-state index in [2.05, 4.69) is 32.6 Å². The van der Waals surface area contributed by atoms with Crippen LogP contribution < -0.4 is 5.73 Å². The van der Waals surface area contributed by atoms with Crippen molar-refractivity contribution in [2.75, 3.05) is 19.6 Å². The van der Waals surface area contributed by atoms with Gasteiger partial charge in [0.2, 0.25) is 0 Å². The average molecular weight is 228 g/mol. The second kappa shape index (κ2) is 9.00. The van der Waals surface area contributed by atoms with Crippen LogP contribution in [0.2, 0.25) is 0 Å². The Morgan fingerprint density at radius 3 is 2.06 bits per heavy atom. The lowest BCUT2D eigenvalue weighted by atomic mass is 9.96. The van der Waals surface area contributed by atoms with Gasteiger partial charge in [0.1, 0.15) is 0 Å². The molecule has 0 aromatic rings. The van der Waals surface area contributed by atoms with Crippen LogP contribution in [0.4, 0.5) is 0 Å². The minimum Gasteiger partial charge on any atom is -0.329 e. The molecule has 1 atom stereocenters. The first-order chi connectivity index (χ1) is 7.64. The fourth-order valence-electron chi connectivity index (χ4n) is 2.21. The Morgan fingerprint density at radius 2 is 1.62 bits per heavy atom. The largest absolute Gasteiger partial charge is 0.329 e. The van der Waals surface area contributed by atoms with Crippen LogP contribution in [0.5, 0.6) is 0 Å². The lowest BCUT2D eigenvalue weighted by Crippen LogP contribution is -2.51. The van der Waals surface area contributed by atoms with Gasteiger partial charge in [0.05, 0.1) is 0 Å². The van der Waals surface area contributed by atoms with Crippen molar-refractivity contribution in [3.8, 4) is 0 Å². The molecule has 0 aliphatic rings. The minimum atomic E-state index is 0.208. The van der Waals surface area contributed by atoms with Gasteiger partial charge < -0.3 is 5.73 Å². The molecule has 0 saturated heterocycles. The van der Waals surface area contributed by atoms with E-state index in [1.807, 2.05) is 0 Å². The summed E-state index contributed by atoms with van der Waals surface area (Å²) in [6, 6.07) is 0. The van der Waals surface area contributed by atoms with Gasteiger partial charge in [-0.2, -0.15) is 0 Å². The van der Waals surface area contributed by atoms with E-state index in [0.717, 1.165) is 19.5 Å². The molecule has 2 N–H and O–H groups in total. The SMILES string of the molecule is CCCCCCCN(CC)C(C)(CC)CN. The van der Waals surface area contributed by atoms with Crippen LogP contribution in [-0.2, 0) is 0 Å². The third-order valence-electron chi connectivity index (χ3n) is 3.88. The van der Waals surface area contributed by atoms with E-state index >= 15 is 0 Å². The van der Waals surface area contributed by atoms with Crippen molar-refractivity contribution in [3.63, 3.8) is 0 Å². The molecular formula is C14H32N2. The summed E-state index contributed by atoms with van der Waals surface area (Å²) in [4.78, 5) is 2.55. The first-order valence-corrected chi connectivity index (χ1v) is 7.09. The van der Waals surface area contributed by atoms with E-state index < -0.39 is 0 Å². The summed E-state index contributed by atoms with van der Waals surface area (Å²) in [5, 5.41) is 0. The molecule has 0 aliphatic carbocycles. The summed E-state index contributed by atoms with van der Waals surface area (Å²) in [5.41, 5.74) is 6.11. The summed E-state index contributed by atoms with van der Waals surface area (Å²) in [6.45, 7) is 12.1. The van der Waals surface area contributed by atoms with Crippen LogP contribution in [0.25, 0.3) is 0 Å². The lowest BCUT2D eigenvalue weighted by molar-refractivity contribution is 0.110. The highest BCUT2D eigenvalue weighted by atomic mass is 15.2. The normalized spacial score (nSPS) is 15.4. The van der Waals surface area contributed by atoms with Crippen LogP contribution in [-0.4, -0.2) is 30.1 Å². The molecule has 0 spiro atoms. The van der Waals surface area contributed by atoms with E-state index in [4.69, 9.17) is 5.73 Å². The van der Waals surface area contributed by atoms with E-state index in [1.165, 1.54) is 38.6 Å². The zero-order valence-corrected chi connectivity index (χ0v) is 11.9. The predicted octanol–water partition coefficient (Wildman–Crippen LogP) is 3.41. The summed E-state index contributed by atoms with van der Waals surface area (Å²) in [5.74, 6) is 0. The monoisotopic (exact) mass is 228 g/mol. The van der Waals surface area contributed by atoms with Gasteiger partial charge in [-0.3, -0.25) is 4.90 Å². The van der Waals surface area contributed by atoms with Crippen molar-refractivity contribution in [2.24, 2.45) is 5.73 Å². The van der Waals surface area contributed by atoms with Crippen LogP contribution in [0.3, 0.4) is 0 Å². The van der Waals surface area contributed by atoms with Crippen molar-refractivity contribution >= 4 is 0 Å². The number of unbranched alkanes of at least 4 members (excludes halogenated alkanes) is 4. The van der Waals surface area contributed by atoms with Crippen molar-refractivity contribution in [1.29, 1.82) is 0 Å². The number of nitrogens with two attached hydrogens (primary N) is 1. The fourth-order valence-corrected chi connectivity index (χ4v) is 2.21. The van der Waals surface area contributed by atoms with Crippen molar-refractivity contribution in [3.05, 3.63) is 0 Å². The van der Waals surface area contributed by atoms with Gasteiger partial charge in [0.25, 0.3) is 0 Å². The van der Waals surface area contributed by atoms with Crippen LogP contribution in [0, 0.1) is 0 Å². The van der Waals surface area contributed by atoms with Crippen LogP contribution in [0.1, 0.15) is 66.2 Å². The molecule has 0 aliphatic heterocycles. The highest BCUT2D eigenvalue weighted by molar-refractivity contribution is 4.85. The molecule has 0 heterocycles. The molecule has 1 unspecified atom stereocenters. The van der Waals surface area contributed by atoms with Crippen molar-refractivity contribution in [1.82, 2.24) is 4.90 Å². The predicted molar refractivity (Wildman–Crippen MR) is 73.8 cm³/mol. The molecule has 0 saturated carbocycles. The Morgan fingerprint density at radius 1 is 1.00 bits per heavy atom. The third-order valence-corrected chi connectivity index (χ3v) is 3.88. The van der Waals surface area contributed by atoms with Gasteiger partial charge in [-0.15, -0.1) is 0 Å². The van der Waals surface area contributed by atoms with Crippen LogP contribution >= 0.6 is 0 Å². The average Bonchev–Trinajstić information content (AvgIpc) is 2.33. The molecule has 0 rings (SSSR count). The van der Waals surface area contributed by atoms with E-state index in [1.54, 1.807) is 0 Å². The first-order valence-electron chi connectivity index (χ1n) is 7.09. The quantitative estimate of drug-likeness (QED) is 0.581.